The first-order chi connectivity index (χ1) is 17.9. The van der Waals surface area contributed by atoms with Crippen molar-refractivity contribution in [2.75, 3.05) is 32.8 Å². The highest BCUT2D eigenvalue weighted by molar-refractivity contribution is 5.98. The SMILES string of the molecule is CCOC(=O)C1CCCN(C(=O)CCNC(=O)c2cc3n(n2)CCCN(Cc2ccccc2C)C3=O)C1. The van der Waals surface area contributed by atoms with Gasteiger partial charge in [-0.1, -0.05) is 24.3 Å². The van der Waals surface area contributed by atoms with E-state index in [9.17, 15) is 19.2 Å². The minimum Gasteiger partial charge on any atom is -0.466 e. The van der Waals surface area contributed by atoms with Crippen LogP contribution in [0.4, 0.5) is 0 Å². The Labute approximate surface area is 216 Å². The molecule has 10 nitrogen and oxygen atoms in total. The fourth-order valence-corrected chi connectivity index (χ4v) is 4.88. The van der Waals surface area contributed by atoms with Crippen molar-refractivity contribution in [3.8, 4) is 0 Å². The molecule has 198 valence electrons. The van der Waals surface area contributed by atoms with Crippen molar-refractivity contribution in [1.29, 1.82) is 0 Å². The number of piperidine rings is 1. The second-order valence-electron chi connectivity index (χ2n) is 9.58. The molecule has 3 amide bonds. The second-order valence-corrected chi connectivity index (χ2v) is 9.58. The lowest BCUT2D eigenvalue weighted by Gasteiger charge is -2.31. The Morgan fingerprint density at radius 2 is 1.95 bits per heavy atom. The predicted octanol–water partition coefficient (Wildman–Crippen LogP) is 2.16. The summed E-state index contributed by atoms with van der Waals surface area (Å²) in [6.07, 6.45) is 2.32. The number of aryl methyl sites for hydroxylation is 2. The lowest BCUT2D eigenvalue weighted by Crippen LogP contribution is -2.43. The molecule has 1 saturated heterocycles. The van der Waals surface area contributed by atoms with Crippen molar-refractivity contribution >= 4 is 23.7 Å². The van der Waals surface area contributed by atoms with Gasteiger partial charge in [-0.2, -0.15) is 5.10 Å². The number of rotatable bonds is 8. The summed E-state index contributed by atoms with van der Waals surface area (Å²) >= 11 is 0. The Balaban J connectivity index is 1.31. The maximum atomic E-state index is 13.2. The van der Waals surface area contributed by atoms with E-state index in [0.717, 1.165) is 24.0 Å². The van der Waals surface area contributed by atoms with Crippen LogP contribution in [0.15, 0.2) is 30.3 Å². The molecule has 2 aromatic rings. The quantitative estimate of drug-likeness (QED) is 0.546. The van der Waals surface area contributed by atoms with Crippen molar-refractivity contribution in [3.05, 3.63) is 52.8 Å². The van der Waals surface area contributed by atoms with Crippen LogP contribution >= 0.6 is 0 Å². The first-order valence-electron chi connectivity index (χ1n) is 13.0. The number of esters is 1. The number of nitrogens with zero attached hydrogens (tertiary/aromatic N) is 4. The zero-order valence-corrected chi connectivity index (χ0v) is 21.6. The number of likely N-dealkylation sites (tertiary alicyclic amines) is 1. The second kappa shape index (κ2) is 12.0. The lowest BCUT2D eigenvalue weighted by molar-refractivity contribution is -0.151. The van der Waals surface area contributed by atoms with Gasteiger partial charge in [0.1, 0.15) is 5.69 Å². The van der Waals surface area contributed by atoms with Gasteiger partial charge in [0.2, 0.25) is 5.91 Å². The Morgan fingerprint density at radius 3 is 2.73 bits per heavy atom. The summed E-state index contributed by atoms with van der Waals surface area (Å²) in [7, 11) is 0. The normalized spacial score (nSPS) is 17.7. The standard InChI is InChI=1S/C27H35N5O5/c1-3-37-27(36)21-10-6-13-30(18-21)24(33)11-12-28-25(34)22-16-23-26(35)31(14-7-15-32(23)29-22)17-20-9-5-4-8-19(20)2/h4-5,8-9,16,21H,3,6-7,10-15,17-18H2,1-2H3,(H,28,34). The van der Waals surface area contributed by atoms with Gasteiger partial charge in [-0.25, -0.2) is 0 Å². The number of hydrogen-bond donors (Lipinski definition) is 1. The largest absolute Gasteiger partial charge is 0.466 e. The summed E-state index contributed by atoms with van der Waals surface area (Å²) in [6.45, 7) is 6.88. The summed E-state index contributed by atoms with van der Waals surface area (Å²) in [6, 6.07) is 9.52. The highest BCUT2D eigenvalue weighted by atomic mass is 16.5. The van der Waals surface area contributed by atoms with Gasteiger partial charge in [0.25, 0.3) is 11.8 Å². The van der Waals surface area contributed by atoms with Gasteiger partial charge in [-0.15, -0.1) is 0 Å². The van der Waals surface area contributed by atoms with E-state index in [-0.39, 0.29) is 42.4 Å². The van der Waals surface area contributed by atoms with E-state index in [1.54, 1.807) is 21.4 Å². The smallest absolute Gasteiger partial charge is 0.310 e. The van der Waals surface area contributed by atoms with Crippen molar-refractivity contribution in [2.24, 2.45) is 5.92 Å². The molecule has 0 spiro atoms. The van der Waals surface area contributed by atoms with Crippen LogP contribution in [0.25, 0.3) is 0 Å². The molecule has 4 rings (SSSR count). The van der Waals surface area contributed by atoms with Crippen LogP contribution in [-0.4, -0.2) is 76.1 Å². The topological polar surface area (TPSA) is 114 Å². The number of hydrogen-bond acceptors (Lipinski definition) is 6. The molecule has 1 aromatic carbocycles. The maximum Gasteiger partial charge on any atom is 0.310 e. The molecule has 37 heavy (non-hydrogen) atoms. The summed E-state index contributed by atoms with van der Waals surface area (Å²) in [5.74, 6) is -1.24. The molecule has 3 heterocycles. The third-order valence-electron chi connectivity index (χ3n) is 6.96. The molecule has 1 aromatic heterocycles. The van der Waals surface area contributed by atoms with Gasteiger partial charge < -0.3 is 19.9 Å². The third kappa shape index (κ3) is 6.36. The van der Waals surface area contributed by atoms with Crippen molar-refractivity contribution in [1.82, 2.24) is 24.9 Å². The molecule has 1 fully saturated rings. The molecule has 1 unspecified atom stereocenters. The van der Waals surface area contributed by atoms with Crippen LogP contribution in [0.3, 0.4) is 0 Å². The van der Waals surface area contributed by atoms with Crippen molar-refractivity contribution in [3.63, 3.8) is 0 Å². The summed E-state index contributed by atoms with van der Waals surface area (Å²) in [5.41, 5.74) is 2.77. The molecular formula is C27H35N5O5. The van der Waals surface area contributed by atoms with E-state index in [1.165, 1.54) is 6.07 Å². The highest BCUT2D eigenvalue weighted by Crippen LogP contribution is 2.20. The molecule has 1 atom stereocenters. The molecule has 0 bridgehead atoms. The summed E-state index contributed by atoms with van der Waals surface area (Å²) < 4.78 is 6.69. The van der Waals surface area contributed by atoms with E-state index in [1.807, 2.05) is 31.2 Å². The van der Waals surface area contributed by atoms with Crippen LogP contribution in [0.2, 0.25) is 0 Å². The van der Waals surface area contributed by atoms with Crippen LogP contribution in [0.5, 0.6) is 0 Å². The Bertz CT molecular complexity index is 1160. The molecule has 0 saturated carbocycles. The minimum absolute atomic E-state index is 0.114. The predicted molar refractivity (Wildman–Crippen MR) is 136 cm³/mol. The van der Waals surface area contributed by atoms with E-state index in [4.69, 9.17) is 4.74 Å². The zero-order valence-electron chi connectivity index (χ0n) is 21.6. The van der Waals surface area contributed by atoms with Crippen LogP contribution in [-0.2, 0) is 27.4 Å². The summed E-state index contributed by atoms with van der Waals surface area (Å²) in [5, 5.41) is 7.11. The first kappa shape index (κ1) is 26.4. The van der Waals surface area contributed by atoms with Crippen molar-refractivity contribution in [2.45, 2.75) is 52.6 Å². The van der Waals surface area contributed by atoms with Gasteiger partial charge in [0, 0.05) is 51.8 Å². The fraction of sp³-hybridized carbons (Fsp3) is 0.519. The number of carbonyl (C=O) groups excluding carboxylic acids is 4. The number of amides is 3. The third-order valence-corrected chi connectivity index (χ3v) is 6.96. The number of carbonyl (C=O) groups is 4. The van der Waals surface area contributed by atoms with E-state index in [0.29, 0.717) is 51.4 Å². The molecule has 2 aliphatic heterocycles. The molecule has 10 heteroatoms. The molecular weight excluding hydrogens is 474 g/mol. The Hall–Kier alpha value is -3.69. The fourth-order valence-electron chi connectivity index (χ4n) is 4.88. The molecule has 2 aliphatic rings. The van der Waals surface area contributed by atoms with Crippen molar-refractivity contribution < 1.29 is 23.9 Å². The van der Waals surface area contributed by atoms with Crippen LogP contribution in [0.1, 0.15) is 64.7 Å². The highest BCUT2D eigenvalue weighted by Gasteiger charge is 2.30. The van der Waals surface area contributed by atoms with E-state index < -0.39 is 5.91 Å². The Kier molecular flexibility index (Phi) is 8.58. The number of nitrogens with one attached hydrogen (secondary N) is 1. The molecule has 1 N–H and O–H groups in total. The average Bonchev–Trinajstić information content (AvgIpc) is 3.27. The number of benzene rings is 1. The number of fused-ring (bicyclic) bond motifs is 1. The van der Waals surface area contributed by atoms with E-state index in [2.05, 4.69) is 10.4 Å². The van der Waals surface area contributed by atoms with Gasteiger partial charge in [0.15, 0.2) is 5.69 Å². The minimum atomic E-state index is -0.422. The number of aromatic nitrogens is 2. The average molecular weight is 510 g/mol. The Morgan fingerprint density at radius 1 is 1.14 bits per heavy atom. The van der Waals surface area contributed by atoms with Crippen LogP contribution < -0.4 is 5.32 Å². The van der Waals surface area contributed by atoms with Gasteiger partial charge >= 0.3 is 5.97 Å². The zero-order chi connectivity index (χ0) is 26.4. The van der Waals surface area contributed by atoms with Gasteiger partial charge in [-0.3, -0.25) is 23.9 Å². The first-order valence-corrected chi connectivity index (χ1v) is 13.0. The monoisotopic (exact) mass is 509 g/mol. The number of ether oxygens (including phenoxy) is 1. The molecule has 0 aliphatic carbocycles. The molecule has 0 radical (unpaired) electrons. The van der Waals surface area contributed by atoms with E-state index >= 15 is 0 Å². The van der Waals surface area contributed by atoms with Gasteiger partial charge in [-0.05, 0) is 44.2 Å². The maximum absolute atomic E-state index is 13.2. The lowest BCUT2D eigenvalue weighted by atomic mass is 9.98. The summed E-state index contributed by atoms with van der Waals surface area (Å²) in [4.78, 5) is 54.1. The van der Waals surface area contributed by atoms with Gasteiger partial charge in [0.05, 0.1) is 12.5 Å². The van der Waals surface area contributed by atoms with Crippen LogP contribution in [0, 0.1) is 12.8 Å².